The van der Waals surface area contributed by atoms with Crippen molar-refractivity contribution in [2.75, 3.05) is 0 Å². The minimum Gasteiger partial charge on any atom is -0.263 e. The van der Waals surface area contributed by atoms with Gasteiger partial charge < -0.3 is 0 Å². The van der Waals surface area contributed by atoms with Gasteiger partial charge in [-0.3, -0.25) is 4.68 Å². The summed E-state index contributed by atoms with van der Waals surface area (Å²) in [6.45, 7) is 1.98. The number of nitrogens with zero attached hydrogens (tertiary/aromatic N) is 2. The molecule has 0 atom stereocenters. The van der Waals surface area contributed by atoms with Crippen LogP contribution in [0.15, 0.2) is 12.4 Å². The molecule has 0 unspecified atom stereocenters. The second-order valence-electron chi connectivity index (χ2n) is 3.81. The van der Waals surface area contributed by atoms with Crippen LogP contribution < -0.4 is 0 Å². The maximum atomic E-state index is 13.2. The van der Waals surface area contributed by atoms with Crippen molar-refractivity contribution in [2.24, 2.45) is 0 Å². The third kappa shape index (κ3) is 0.481. The third-order valence-corrected chi connectivity index (χ3v) is 2.88. The van der Waals surface area contributed by atoms with Crippen molar-refractivity contribution in [3.8, 4) is 0 Å². The van der Waals surface area contributed by atoms with Crippen LogP contribution in [-0.4, -0.2) is 15.4 Å². The van der Waals surface area contributed by atoms with E-state index in [0.717, 1.165) is 5.56 Å². The van der Waals surface area contributed by atoms with Crippen LogP contribution >= 0.6 is 0 Å². The zero-order valence-electron chi connectivity index (χ0n) is 6.34. The van der Waals surface area contributed by atoms with Crippen LogP contribution in [0.5, 0.6) is 0 Å². The molecule has 2 nitrogen and oxygen atoms in total. The third-order valence-electron chi connectivity index (χ3n) is 2.88. The molecule has 3 rings (SSSR count). The summed E-state index contributed by atoms with van der Waals surface area (Å²) >= 11 is 0. The molecule has 0 aliphatic heterocycles. The fourth-order valence-corrected chi connectivity index (χ4v) is 1.80. The second kappa shape index (κ2) is 1.24. The molecule has 11 heavy (non-hydrogen) atoms. The predicted octanol–water partition coefficient (Wildman–Crippen LogP) is 1.40. The maximum absolute atomic E-state index is 13.2. The Morgan fingerprint density at radius 3 is 2.64 bits per heavy atom. The van der Waals surface area contributed by atoms with Gasteiger partial charge in [-0.1, -0.05) is 0 Å². The zero-order valence-corrected chi connectivity index (χ0v) is 6.34. The van der Waals surface area contributed by atoms with Gasteiger partial charge in [0.25, 0.3) is 0 Å². The average Bonchev–Trinajstić information content (AvgIpc) is 2.51. The van der Waals surface area contributed by atoms with Crippen LogP contribution in [0, 0.1) is 6.92 Å². The molecule has 2 saturated carbocycles. The van der Waals surface area contributed by atoms with E-state index in [9.17, 15) is 4.39 Å². The SMILES string of the molecule is Cc1cnn(C23CC2(F)C3)c1. The van der Waals surface area contributed by atoms with E-state index in [4.69, 9.17) is 0 Å². The Balaban J connectivity index is 2.03. The number of halogens is 1. The summed E-state index contributed by atoms with van der Waals surface area (Å²) in [5.41, 5.74) is 0.0488. The molecule has 2 fully saturated rings. The Morgan fingerprint density at radius 2 is 2.27 bits per heavy atom. The molecular formula is C8H9FN2. The van der Waals surface area contributed by atoms with E-state index in [0.29, 0.717) is 12.8 Å². The van der Waals surface area contributed by atoms with Crippen molar-refractivity contribution in [1.29, 1.82) is 0 Å². The molecule has 1 aromatic heterocycles. The van der Waals surface area contributed by atoms with Gasteiger partial charge >= 0.3 is 0 Å². The smallest absolute Gasteiger partial charge is 0.141 e. The van der Waals surface area contributed by atoms with Gasteiger partial charge in [0, 0.05) is 19.0 Å². The van der Waals surface area contributed by atoms with E-state index < -0.39 is 5.67 Å². The van der Waals surface area contributed by atoms with Crippen molar-refractivity contribution in [3.05, 3.63) is 18.0 Å². The lowest BCUT2D eigenvalue weighted by Gasteiger charge is -1.99. The van der Waals surface area contributed by atoms with Crippen LogP contribution in [-0.2, 0) is 5.54 Å². The molecule has 0 N–H and O–H groups in total. The lowest BCUT2D eigenvalue weighted by atomic mass is 10.3. The fraction of sp³-hybridized carbons (Fsp3) is 0.625. The van der Waals surface area contributed by atoms with Gasteiger partial charge in [-0.15, -0.1) is 0 Å². The predicted molar refractivity (Wildman–Crippen MR) is 38.0 cm³/mol. The lowest BCUT2D eigenvalue weighted by molar-refractivity contribution is 0.389. The highest BCUT2D eigenvalue weighted by atomic mass is 19.1. The molecule has 0 bridgehead atoms. The Bertz CT molecular complexity index is 323. The van der Waals surface area contributed by atoms with Gasteiger partial charge in [-0.05, 0) is 12.5 Å². The summed E-state index contributed by atoms with van der Waals surface area (Å²) in [4.78, 5) is 0. The molecule has 58 valence electrons. The molecule has 0 spiro atoms. The van der Waals surface area contributed by atoms with Crippen LogP contribution in [0.4, 0.5) is 4.39 Å². The Kier molecular flexibility index (Phi) is 0.646. The maximum Gasteiger partial charge on any atom is 0.141 e. The highest BCUT2D eigenvalue weighted by Crippen LogP contribution is 2.78. The van der Waals surface area contributed by atoms with Gasteiger partial charge in [0.1, 0.15) is 11.2 Å². The molecule has 2 aliphatic carbocycles. The minimum absolute atomic E-state index is 0.193. The van der Waals surface area contributed by atoms with E-state index >= 15 is 0 Å². The monoisotopic (exact) mass is 152 g/mol. The average molecular weight is 152 g/mol. The van der Waals surface area contributed by atoms with Crippen molar-refractivity contribution in [1.82, 2.24) is 9.78 Å². The first-order valence-electron chi connectivity index (χ1n) is 3.87. The molecule has 1 aromatic rings. The van der Waals surface area contributed by atoms with E-state index in [2.05, 4.69) is 5.10 Å². The highest BCUT2D eigenvalue weighted by Gasteiger charge is 2.87. The molecule has 0 aromatic carbocycles. The number of hydrogen-bond donors (Lipinski definition) is 0. The Labute approximate surface area is 64.0 Å². The molecule has 2 aliphatic rings. The summed E-state index contributed by atoms with van der Waals surface area (Å²) in [7, 11) is 0. The van der Waals surface area contributed by atoms with Crippen molar-refractivity contribution in [2.45, 2.75) is 31.0 Å². The quantitative estimate of drug-likeness (QED) is 0.594. The van der Waals surface area contributed by atoms with Crippen LogP contribution in [0.3, 0.4) is 0 Å². The summed E-state index contributed by atoms with van der Waals surface area (Å²) < 4.78 is 15.0. The van der Waals surface area contributed by atoms with E-state index in [1.165, 1.54) is 0 Å². The Morgan fingerprint density at radius 1 is 1.64 bits per heavy atom. The van der Waals surface area contributed by atoms with Crippen molar-refractivity contribution >= 4 is 0 Å². The highest BCUT2D eigenvalue weighted by molar-refractivity contribution is 5.38. The summed E-state index contributed by atoms with van der Waals surface area (Å²) in [5.74, 6) is 0. The first-order chi connectivity index (χ1) is 5.16. The van der Waals surface area contributed by atoms with Gasteiger partial charge in [-0.25, -0.2) is 4.39 Å². The number of aryl methyl sites for hydroxylation is 1. The minimum atomic E-state index is -0.870. The number of alkyl halides is 1. The largest absolute Gasteiger partial charge is 0.263 e. The second-order valence-corrected chi connectivity index (χ2v) is 3.81. The van der Waals surface area contributed by atoms with Crippen molar-refractivity contribution in [3.63, 3.8) is 0 Å². The first-order valence-corrected chi connectivity index (χ1v) is 3.87. The van der Waals surface area contributed by atoms with Crippen molar-refractivity contribution < 1.29 is 4.39 Å². The molecule has 0 amide bonds. The normalized spacial score (nSPS) is 45.3. The number of fused-ring (bicyclic) bond motifs is 1. The van der Waals surface area contributed by atoms with Crippen LogP contribution in [0.25, 0.3) is 0 Å². The number of rotatable bonds is 1. The Hall–Kier alpha value is -0.860. The molecule has 0 radical (unpaired) electrons. The topological polar surface area (TPSA) is 17.8 Å². The van der Waals surface area contributed by atoms with E-state index in [1.807, 2.05) is 13.1 Å². The molecule has 1 heterocycles. The standard InChI is InChI=1S/C8H9FN2/c1-6-2-10-11(3-6)8-4-7(8,9)5-8/h2-3H,4-5H2,1H3. The molecular weight excluding hydrogens is 143 g/mol. The van der Waals surface area contributed by atoms with E-state index in [-0.39, 0.29) is 5.54 Å². The molecule has 0 saturated heterocycles. The fourth-order valence-electron chi connectivity index (χ4n) is 1.80. The number of aromatic nitrogens is 2. The lowest BCUT2D eigenvalue weighted by Crippen LogP contribution is -2.06. The zero-order chi connectivity index (χ0) is 7.69. The van der Waals surface area contributed by atoms with Crippen LogP contribution in [0.1, 0.15) is 18.4 Å². The van der Waals surface area contributed by atoms with E-state index in [1.54, 1.807) is 10.9 Å². The van der Waals surface area contributed by atoms with Gasteiger partial charge in [0.05, 0.1) is 6.20 Å². The first kappa shape index (κ1) is 5.75. The van der Waals surface area contributed by atoms with Crippen LogP contribution in [0.2, 0.25) is 0 Å². The van der Waals surface area contributed by atoms with Gasteiger partial charge in [0.2, 0.25) is 0 Å². The van der Waals surface area contributed by atoms with Gasteiger partial charge in [0.15, 0.2) is 0 Å². The summed E-state index contributed by atoms with van der Waals surface area (Å²) in [6.07, 6.45) is 5.07. The molecule has 3 heteroatoms. The number of hydrogen-bond acceptors (Lipinski definition) is 1. The van der Waals surface area contributed by atoms with Gasteiger partial charge in [-0.2, -0.15) is 5.10 Å². The summed E-state index contributed by atoms with van der Waals surface area (Å²) in [6, 6.07) is 0. The summed E-state index contributed by atoms with van der Waals surface area (Å²) in [5, 5.41) is 4.11.